The van der Waals surface area contributed by atoms with Crippen LogP contribution >= 0.6 is 23.2 Å². The van der Waals surface area contributed by atoms with Crippen molar-refractivity contribution in [1.29, 1.82) is 0 Å². The van der Waals surface area contributed by atoms with E-state index in [1.807, 2.05) is 24.3 Å². The van der Waals surface area contributed by atoms with Gasteiger partial charge >= 0.3 is 0 Å². The zero-order valence-electron chi connectivity index (χ0n) is 13.0. The number of nitrogens with zero attached hydrogens (tertiary/aromatic N) is 1. The Morgan fingerprint density at radius 1 is 0.875 bits per heavy atom. The van der Waals surface area contributed by atoms with E-state index in [-0.39, 0.29) is 5.96 Å². The Bertz CT molecular complexity index is 687. The van der Waals surface area contributed by atoms with E-state index in [4.69, 9.17) is 44.1 Å². The molecule has 24 heavy (non-hydrogen) atoms. The number of ether oxygens (including phenoxy) is 2. The SMILES string of the molecule is NC(N)=NCc1ccc(OCCCOc2ccc(Cl)c(Cl)c2)cc1. The second kappa shape index (κ2) is 9.25. The first-order valence-corrected chi connectivity index (χ1v) is 8.15. The van der Waals surface area contributed by atoms with Crippen LogP contribution in [0.4, 0.5) is 0 Å². The van der Waals surface area contributed by atoms with Crippen molar-refractivity contribution in [2.24, 2.45) is 16.5 Å². The maximum atomic E-state index is 5.93. The lowest BCUT2D eigenvalue weighted by atomic mass is 10.2. The van der Waals surface area contributed by atoms with Gasteiger partial charge in [0.1, 0.15) is 11.5 Å². The molecule has 0 spiro atoms. The van der Waals surface area contributed by atoms with Gasteiger partial charge in [-0.05, 0) is 29.8 Å². The molecule has 0 fully saturated rings. The minimum Gasteiger partial charge on any atom is -0.493 e. The fourth-order valence-electron chi connectivity index (χ4n) is 1.88. The molecule has 0 unspecified atom stereocenters. The molecule has 0 aliphatic heterocycles. The smallest absolute Gasteiger partial charge is 0.186 e. The Balaban J connectivity index is 1.68. The van der Waals surface area contributed by atoms with E-state index in [1.54, 1.807) is 18.2 Å². The normalized spacial score (nSPS) is 10.2. The number of halogens is 2. The van der Waals surface area contributed by atoms with Crippen molar-refractivity contribution >= 4 is 29.2 Å². The molecule has 2 aromatic carbocycles. The molecule has 5 nitrogen and oxygen atoms in total. The van der Waals surface area contributed by atoms with E-state index in [9.17, 15) is 0 Å². The lowest BCUT2D eigenvalue weighted by Gasteiger charge is -2.09. The number of rotatable bonds is 8. The van der Waals surface area contributed by atoms with Gasteiger partial charge in [-0.1, -0.05) is 35.3 Å². The molecule has 0 atom stereocenters. The summed E-state index contributed by atoms with van der Waals surface area (Å²) in [6, 6.07) is 12.8. The number of guanidine groups is 1. The molecule has 7 heteroatoms. The van der Waals surface area contributed by atoms with Gasteiger partial charge in [0, 0.05) is 12.5 Å². The number of aliphatic imine (C=N–C) groups is 1. The highest BCUT2D eigenvalue weighted by molar-refractivity contribution is 6.42. The molecular formula is C17H19Cl2N3O2. The van der Waals surface area contributed by atoms with Gasteiger partial charge in [0.25, 0.3) is 0 Å². The van der Waals surface area contributed by atoms with Crippen molar-refractivity contribution in [1.82, 2.24) is 0 Å². The van der Waals surface area contributed by atoms with E-state index in [2.05, 4.69) is 4.99 Å². The van der Waals surface area contributed by atoms with Gasteiger partial charge in [0.15, 0.2) is 5.96 Å². The van der Waals surface area contributed by atoms with Crippen LogP contribution in [0.3, 0.4) is 0 Å². The van der Waals surface area contributed by atoms with Crippen LogP contribution in [-0.2, 0) is 6.54 Å². The number of nitrogens with two attached hydrogens (primary N) is 2. The van der Waals surface area contributed by atoms with Gasteiger partial charge in [0.05, 0.1) is 29.8 Å². The predicted molar refractivity (Wildman–Crippen MR) is 98.0 cm³/mol. The predicted octanol–water partition coefficient (Wildman–Crippen LogP) is 3.61. The third kappa shape index (κ3) is 6.18. The van der Waals surface area contributed by atoms with Crippen molar-refractivity contribution in [2.45, 2.75) is 13.0 Å². The molecular weight excluding hydrogens is 349 g/mol. The summed E-state index contributed by atoms with van der Waals surface area (Å²) in [6.07, 6.45) is 0.746. The van der Waals surface area contributed by atoms with Crippen LogP contribution in [0, 0.1) is 0 Å². The first kappa shape index (κ1) is 18.2. The molecule has 128 valence electrons. The molecule has 2 aromatic rings. The van der Waals surface area contributed by atoms with Crippen LogP contribution in [0.25, 0.3) is 0 Å². The lowest BCUT2D eigenvalue weighted by Crippen LogP contribution is -2.22. The van der Waals surface area contributed by atoms with Crippen LogP contribution in [0.15, 0.2) is 47.5 Å². The van der Waals surface area contributed by atoms with Crippen LogP contribution < -0.4 is 20.9 Å². The van der Waals surface area contributed by atoms with Crippen LogP contribution in [0.5, 0.6) is 11.5 Å². The maximum Gasteiger partial charge on any atom is 0.186 e. The summed E-state index contributed by atoms with van der Waals surface area (Å²) in [5.74, 6) is 1.56. The molecule has 0 saturated heterocycles. The highest BCUT2D eigenvalue weighted by Gasteiger charge is 2.01. The molecule has 4 N–H and O–H groups in total. The van der Waals surface area contributed by atoms with Crippen LogP contribution in [-0.4, -0.2) is 19.2 Å². The van der Waals surface area contributed by atoms with E-state index in [0.29, 0.717) is 35.6 Å². The highest BCUT2D eigenvalue weighted by Crippen LogP contribution is 2.26. The summed E-state index contributed by atoms with van der Waals surface area (Å²) in [5.41, 5.74) is 11.6. The molecule has 0 bridgehead atoms. The van der Waals surface area contributed by atoms with Crippen LogP contribution in [0.2, 0.25) is 10.0 Å². The van der Waals surface area contributed by atoms with E-state index in [0.717, 1.165) is 17.7 Å². The first-order valence-electron chi connectivity index (χ1n) is 7.39. The topological polar surface area (TPSA) is 82.9 Å². The summed E-state index contributed by atoms with van der Waals surface area (Å²) >= 11 is 11.8. The fraction of sp³-hybridized carbons (Fsp3) is 0.235. The Labute approximate surface area is 151 Å². The third-order valence-corrected chi connectivity index (χ3v) is 3.82. The summed E-state index contributed by atoms with van der Waals surface area (Å²) in [6.45, 7) is 1.54. The molecule has 0 aliphatic carbocycles. The van der Waals surface area contributed by atoms with Gasteiger partial charge in [-0.2, -0.15) is 0 Å². The van der Waals surface area contributed by atoms with Gasteiger partial charge in [-0.25, -0.2) is 4.99 Å². The molecule has 0 radical (unpaired) electrons. The van der Waals surface area contributed by atoms with Crippen LogP contribution in [0.1, 0.15) is 12.0 Å². The maximum absolute atomic E-state index is 5.93. The monoisotopic (exact) mass is 367 g/mol. The van der Waals surface area contributed by atoms with Crippen molar-refractivity contribution in [3.8, 4) is 11.5 Å². The van der Waals surface area contributed by atoms with E-state index in [1.165, 1.54) is 0 Å². The average Bonchev–Trinajstić information content (AvgIpc) is 2.57. The minimum atomic E-state index is 0.0808. The molecule has 0 amide bonds. The Hall–Kier alpha value is -2.11. The zero-order valence-corrected chi connectivity index (χ0v) is 14.6. The van der Waals surface area contributed by atoms with Crippen molar-refractivity contribution < 1.29 is 9.47 Å². The second-order valence-electron chi connectivity index (χ2n) is 5.01. The summed E-state index contributed by atoms with van der Waals surface area (Å²) < 4.78 is 11.2. The molecule has 0 saturated carbocycles. The largest absolute Gasteiger partial charge is 0.493 e. The molecule has 0 heterocycles. The number of hydrogen-bond acceptors (Lipinski definition) is 3. The van der Waals surface area contributed by atoms with Gasteiger partial charge < -0.3 is 20.9 Å². The number of benzene rings is 2. The Kier molecular flexibility index (Phi) is 7.03. The fourth-order valence-corrected chi connectivity index (χ4v) is 2.17. The third-order valence-electron chi connectivity index (χ3n) is 3.08. The zero-order chi connectivity index (χ0) is 17.4. The van der Waals surface area contributed by atoms with E-state index < -0.39 is 0 Å². The van der Waals surface area contributed by atoms with Crippen molar-refractivity contribution in [2.75, 3.05) is 13.2 Å². The average molecular weight is 368 g/mol. The van der Waals surface area contributed by atoms with Gasteiger partial charge in [0.2, 0.25) is 0 Å². The van der Waals surface area contributed by atoms with Gasteiger partial charge in [-0.3, -0.25) is 0 Å². The lowest BCUT2D eigenvalue weighted by molar-refractivity contribution is 0.247. The van der Waals surface area contributed by atoms with Gasteiger partial charge in [-0.15, -0.1) is 0 Å². The highest BCUT2D eigenvalue weighted by atomic mass is 35.5. The second-order valence-corrected chi connectivity index (χ2v) is 5.83. The Morgan fingerprint density at radius 2 is 1.50 bits per heavy atom. The molecule has 2 rings (SSSR count). The van der Waals surface area contributed by atoms with E-state index >= 15 is 0 Å². The van der Waals surface area contributed by atoms with Crippen molar-refractivity contribution in [3.63, 3.8) is 0 Å². The summed E-state index contributed by atoms with van der Waals surface area (Å²) in [7, 11) is 0. The quantitative estimate of drug-likeness (QED) is 0.424. The summed E-state index contributed by atoms with van der Waals surface area (Å²) in [4.78, 5) is 3.95. The first-order chi connectivity index (χ1) is 11.5. The Morgan fingerprint density at radius 3 is 2.12 bits per heavy atom. The standard InChI is InChI=1S/C17H19Cl2N3O2/c18-15-7-6-14(10-16(15)19)24-9-1-8-23-13-4-2-12(3-5-13)11-22-17(20)21/h2-7,10H,1,8-9,11H2,(H4,20,21,22). The van der Waals surface area contributed by atoms with Crippen molar-refractivity contribution in [3.05, 3.63) is 58.1 Å². The summed E-state index contributed by atoms with van der Waals surface area (Å²) in [5, 5.41) is 0.988. The number of hydrogen-bond donors (Lipinski definition) is 2. The molecule has 0 aliphatic rings. The minimum absolute atomic E-state index is 0.0808. The molecule has 0 aromatic heterocycles.